The Bertz CT molecular complexity index is 1120. The number of carboxylic acid groups (broad SMARTS) is 1. The van der Waals surface area contributed by atoms with Gasteiger partial charge in [-0.2, -0.15) is 0 Å². The summed E-state index contributed by atoms with van der Waals surface area (Å²) in [6.45, 7) is 0.603. The van der Waals surface area contributed by atoms with Crippen LogP contribution in [0.4, 0.5) is 10.1 Å². The van der Waals surface area contributed by atoms with Crippen LogP contribution < -0.4 is 14.8 Å². The van der Waals surface area contributed by atoms with Crippen molar-refractivity contribution in [3.8, 4) is 5.75 Å². The highest BCUT2D eigenvalue weighted by atomic mass is 32.2. The fourth-order valence-corrected chi connectivity index (χ4v) is 4.23. The molecule has 8 nitrogen and oxygen atoms in total. The van der Waals surface area contributed by atoms with E-state index in [0.29, 0.717) is 24.3 Å². The molecule has 3 N–H and O–H groups in total. The van der Waals surface area contributed by atoms with Crippen LogP contribution >= 0.6 is 0 Å². The molecule has 3 rings (SSSR count). The van der Waals surface area contributed by atoms with Crippen molar-refractivity contribution in [2.75, 3.05) is 17.2 Å². The van der Waals surface area contributed by atoms with E-state index >= 15 is 0 Å². The Morgan fingerprint density at radius 2 is 1.94 bits per heavy atom. The smallest absolute Gasteiger partial charge is 0.303 e. The van der Waals surface area contributed by atoms with E-state index in [1.165, 1.54) is 12.1 Å². The lowest BCUT2D eigenvalue weighted by atomic mass is 10.1. The van der Waals surface area contributed by atoms with Gasteiger partial charge in [0.05, 0.1) is 11.4 Å². The Morgan fingerprint density at radius 3 is 2.62 bits per heavy atom. The van der Waals surface area contributed by atoms with Crippen molar-refractivity contribution in [1.82, 2.24) is 0 Å². The van der Waals surface area contributed by atoms with Gasteiger partial charge in [0.25, 0.3) is 0 Å². The summed E-state index contributed by atoms with van der Waals surface area (Å²) in [6.07, 6.45) is 0.825. The van der Waals surface area contributed by atoms with Gasteiger partial charge in [-0.05, 0) is 36.5 Å². The minimum atomic E-state index is -3.62. The average Bonchev–Trinajstić information content (AvgIpc) is 3.15. The maximum Gasteiger partial charge on any atom is 0.303 e. The molecule has 1 aliphatic rings. The number of carbonyl (C=O) groups is 2. The molecule has 0 saturated carbocycles. The number of fused-ring (bicyclic) bond motifs is 1. The Labute approximate surface area is 185 Å². The lowest BCUT2D eigenvalue weighted by molar-refractivity contribution is -0.137. The van der Waals surface area contributed by atoms with E-state index in [-0.39, 0.29) is 44.0 Å². The van der Waals surface area contributed by atoms with E-state index < -0.39 is 21.8 Å². The molecule has 0 saturated heterocycles. The molecule has 2 aromatic rings. The lowest BCUT2D eigenvalue weighted by Crippen LogP contribution is -2.30. The number of halogens is 1. The number of ether oxygens (including phenoxy) is 1. The van der Waals surface area contributed by atoms with Gasteiger partial charge < -0.3 is 14.7 Å². The number of nitrogens with two attached hydrogens (primary N) is 1. The Balaban J connectivity index is 1.68. The molecule has 0 fully saturated rings. The third-order valence-corrected chi connectivity index (χ3v) is 6.08. The monoisotopic (exact) mass is 464 g/mol. The maximum absolute atomic E-state index is 14.2. The molecule has 172 valence electrons. The molecule has 0 aromatic heterocycles. The minimum absolute atomic E-state index is 0.0636. The number of rotatable bonds is 10. The Hall–Kier alpha value is -2.98. The number of benzene rings is 2. The van der Waals surface area contributed by atoms with Crippen LogP contribution in [0, 0.1) is 5.82 Å². The van der Waals surface area contributed by atoms with Crippen molar-refractivity contribution in [2.24, 2.45) is 5.14 Å². The van der Waals surface area contributed by atoms with Gasteiger partial charge in [0.2, 0.25) is 15.9 Å². The predicted octanol–water partition coefficient (Wildman–Crippen LogP) is 2.38. The van der Waals surface area contributed by atoms with Gasteiger partial charge in [-0.3, -0.25) is 9.59 Å². The average molecular weight is 465 g/mol. The normalized spacial score (nSPS) is 13.1. The van der Waals surface area contributed by atoms with Crippen LogP contribution in [0.15, 0.2) is 36.4 Å². The van der Waals surface area contributed by atoms with Crippen LogP contribution in [0.25, 0.3) is 0 Å². The van der Waals surface area contributed by atoms with Crippen LogP contribution in [0.3, 0.4) is 0 Å². The molecule has 32 heavy (non-hydrogen) atoms. The van der Waals surface area contributed by atoms with Gasteiger partial charge in [-0.25, -0.2) is 17.9 Å². The molecule has 1 aliphatic heterocycles. The first-order valence-electron chi connectivity index (χ1n) is 10.2. The highest BCUT2D eigenvalue weighted by Gasteiger charge is 2.27. The second-order valence-electron chi connectivity index (χ2n) is 7.63. The Morgan fingerprint density at radius 1 is 1.16 bits per heavy atom. The number of carboxylic acids is 1. The Kier molecular flexibility index (Phi) is 7.47. The van der Waals surface area contributed by atoms with Crippen LogP contribution in [-0.2, 0) is 39.1 Å². The highest BCUT2D eigenvalue weighted by molar-refractivity contribution is 7.89. The number of carbonyl (C=O) groups excluding carboxylic acids is 1. The molecule has 0 spiro atoms. The van der Waals surface area contributed by atoms with Crippen molar-refractivity contribution in [2.45, 2.75) is 38.7 Å². The molecule has 0 radical (unpaired) electrons. The van der Waals surface area contributed by atoms with E-state index in [2.05, 4.69) is 0 Å². The van der Waals surface area contributed by atoms with E-state index in [4.69, 9.17) is 15.0 Å². The number of amides is 1. The number of aryl methyl sites for hydroxylation is 1. The molecule has 1 heterocycles. The van der Waals surface area contributed by atoms with Gasteiger partial charge in [0, 0.05) is 31.0 Å². The second-order valence-corrected chi connectivity index (χ2v) is 9.36. The largest absolute Gasteiger partial charge is 0.489 e. The van der Waals surface area contributed by atoms with Gasteiger partial charge in [0.1, 0.15) is 18.2 Å². The van der Waals surface area contributed by atoms with Crippen LogP contribution in [-0.4, -0.2) is 37.7 Å². The van der Waals surface area contributed by atoms with Gasteiger partial charge in [-0.15, -0.1) is 0 Å². The summed E-state index contributed by atoms with van der Waals surface area (Å²) < 4.78 is 42.2. The SMILES string of the molecule is NS(=O)(=O)CCCC(=O)N1CCc2cccc(COc3ccc(CCC(=O)O)c(F)c3)c21. The summed E-state index contributed by atoms with van der Waals surface area (Å²) in [5, 5.41) is 13.7. The van der Waals surface area contributed by atoms with E-state index in [0.717, 1.165) is 16.8 Å². The standard InChI is InChI=1S/C22H25FN2O6S/c23-19-13-18(8-6-15(19)7-9-21(27)28)31-14-17-4-1-3-16-10-11-25(22(16)17)20(26)5-2-12-32(24,29)30/h1,3-4,6,8,13H,2,5,7,9-12,14H2,(H,27,28)(H2,24,29,30). The summed E-state index contributed by atoms with van der Waals surface area (Å²) in [6, 6.07) is 9.92. The summed E-state index contributed by atoms with van der Waals surface area (Å²) in [5.74, 6) is -1.67. The zero-order valence-electron chi connectivity index (χ0n) is 17.4. The number of sulfonamides is 1. The number of primary sulfonamides is 1. The third-order valence-electron chi connectivity index (χ3n) is 5.23. The topological polar surface area (TPSA) is 127 Å². The van der Waals surface area contributed by atoms with E-state index in [1.54, 1.807) is 11.0 Å². The lowest BCUT2D eigenvalue weighted by Gasteiger charge is -2.21. The summed E-state index contributed by atoms with van der Waals surface area (Å²) in [7, 11) is -3.62. The highest BCUT2D eigenvalue weighted by Crippen LogP contribution is 2.33. The first-order chi connectivity index (χ1) is 15.1. The molecule has 0 atom stereocenters. The van der Waals surface area contributed by atoms with Crippen molar-refractivity contribution in [1.29, 1.82) is 0 Å². The summed E-state index contributed by atoms with van der Waals surface area (Å²) in [5.41, 5.74) is 2.79. The molecule has 2 aromatic carbocycles. The zero-order valence-corrected chi connectivity index (χ0v) is 18.2. The first-order valence-corrected chi connectivity index (χ1v) is 11.9. The number of hydrogen-bond acceptors (Lipinski definition) is 5. The van der Waals surface area contributed by atoms with Crippen molar-refractivity contribution in [3.05, 3.63) is 58.9 Å². The summed E-state index contributed by atoms with van der Waals surface area (Å²) in [4.78, 5) is 25.0. The van der Waals surface area contributed by atoms with Crippen LogP contribution in [0.5, 0.6) is 5.75 Å². The number of anilines is 1. The van der Waals surface area contributed by atoms with Crippen molar-refractivity contribution >= 4 is 27.6 Å². The molecule has 10 heteroatoms. The molecule has 0 bridgehead atoms. The number of nitrogens with zero attached hydrogens (tertiary/aromatic N) is 1. The summed E-state index contributed by atoms with van der Waals surface area (Å²) >= 11 is 0. The number of para-hydroxylation sites is 1. The fourth-order valence-electron chi connectivity index (χ4n) is 3.69. The van der Waals surface area contributed by atoms with Crippen molar-refractivity contribution in [3.63, 3.8) is 0 Å². The maximum atomic E-state index is 14.2. The third kappa shape index (κ3) is 6.27. The predicted molar refractivity (Wildman–Crippen MR) is 116 cm³/mol. The fraction of sp³-hybridized carbons (Fsp3) is 0.364. The second kappa shape index (κ2) is 10.1. The van der Waals surface area contributed by atoms with E-state index in [9.17, 15) is 22.4 Å². The number of hydrogen-bond donors (Lipinski definition) is 2. The molecule has 0 unspecified atom stereocenters. The van der Waals surface area contributed by atoms with E-state index in [1.807, 2.05) is 18.2 Å². The minimum Gasteiger partial charge on any atom is -0.489 e. The molecular weight excluding hydrogens is 439 g/mol. The first kappa shape index (κ1) is 23.7. The van der Waals surface area contributed by atoms with Gasteiger partial charge >= 0.3 is 5.97 Å². The zero-order chi connectivity index (χ0) is 23.3. The van der Waals surface area contributed by atoms with Crippen LogP contribution in [0.2, 0.25) is 0 Å². The van der Waals surface area contributed by atoms with Crippen LogP contribution in [0.1, 0.15) is 36.0 Å². The quantitative estimate of drug-likeness (QED) is 0.556. The van der Waals surface area contributed by atoms with Gasteiger partial charge in [0.15, 0.2) is 0 Å². The van der Waals surface area contributed by atoms with Gasteiger partial charge in [-0.1, -0.05) is 24.3 Å². The molecule has 0 aliphatic carbocycles. The molecule has 1 amide bonds. The number of aliphatic carboxylic acids is 1. The van der Waals surface area contributed by atoms with Crippen molar-refractivity contribution < 1.29 is 32.2 Å². The molecular formula is C22H25FN2O6S.